The summed E-state index contributed by atoms with van der Waals surface area (Å²) in [5, 5.41) is 0.939. The maximum absolute atomic E-state index is 12.5. The van der Waals surface area contributed by atoms with Gasteiger partial charge in [-0.2, -0.15) is 0 Å². The van der Waals surface area contributed by atoms with Crippen LogP contribution in [0.4, 0.5) is 0 Å². The lowest BCUT2D eigenvalue weighted by Crippen LogP contribution is -2.52. The van der Waals surface area contributed by atoms with E-state index in [4.69, 9.17) is 4.74 Å². The average Bonchev–Trinajstić information content (AvgIpc) is 2.77. The molecule has 1 aliphatic carbocycles. The first-order chi connectivity index (χ1) is 14.2. The van der Waals surface area contributed by atoms with Crippen LogP contribution < -0.4 is 10.3 Å². The lowest BCUT2D eigenvalue weighted by molar-refractivity contribution is -0.133. The van der Waals surface area contributed by atoms with Crippen molar-refractivity contribution in [1.29, 1.82) is 0 Å². The topological polar surface area (TPSA) is 65.6 Å². The minimum absolute atomic E-state index is 0.107. The lowest BCUT2D eigenvalue weighted by atomic mass is 9.94. The molecule has 1 aliphatic heterocycles. The second kappa shape index (κ2) is 9.44. The molecule has 29 heavy (non-hydrogen) atoms. The van der Waals surface area contributed by atoms with Crippen molar-refractivity contribution in [2.24, 2.45) is 0 Å². The van der Waals surface area contributed by atoms with Gasteiger partial charge in [0.25, 0.3) is 0 Å². The van der Waals surface area contributed by atoms with Crippen molar-refractivity contribution in [3.8, 4) is 5.75 Å². The molecule has 6 nitrogen and oxygen atoms in total. The zero-order valence-electron chi connectivity index (χ0n) is 17.1. The molecular formula is C23H31N3O3. The van der Waals surface area contributed by atoms with Crippen molar-refractivity contribution < 1.29 is 9.53 Å². The Bertz CT molecular complexity index is 880. The number of ether oxygens (including phenoxy) is 1. The number of fused-ring (bicyclic) bond motifs is 1. The monoisotopic (exact) mass is 397 g/mol. The minimum atomic E-state index is -0.107. The number of nitrogens with one attached hydrogen (secondary N) is 1. The van der Waals surface area contributed by atoms with Crippen molar-refractivity contribution in [2.45, 2.75) is 51.0 Å². The van der Waals surface area contributed by atoms with Gasteiger partial charge in [-0.3, -0.25) is 14.5 Å². The van der Waals surface area contributed by atoms with Crippen LogP contribution >= 0.6 is 0 Å². The van der Waals surface area contributed by atoms with Gasteiger partial charge in [0.05, 0.1) is 6.61 Å². The van der Waals surface area contributed by atoms with Gasteiger partial charge in [0.15, 0.2) is 0 Å². The number of aromatic nitrogens is 1. The molecule has 2 aliphatic rings. The summed E-state index contributed by atoms with van der Waals surface area (Å²) in [6.45, 7) is 4.28. The maximum atomic E-state index is 12.5. The SMILES string of the molecule is O=C(CCCOc1ccc2[nH]c(=O)ccc2c1)N1CCN(C2CCCCC2)CC1. The number of nitrogens with zero attached hydrogens (tertiary/aromatic N) is 2. The Kier molecular flexibility index (Phi) is 6.49. The highest BCUT2D eigenvalue weighted by Crippen LogP contribution is 2.23. The number of piperazine rings is 1. The van der Waals surface area contributed by atoms with E-state index in [0.29, 0.717) is 19.4 Å². The molecule has 4 rings (SSSR count). The first-order valence-corrected chi connectivity index (χ1v) is 11.0. The number of amides is 1. The molecule has 2 aromatic rings. The molecule has 1 N–H and O–H groups in total. The Hall–Kier alpha value is -2.34. The standard InChI is InChI=1S/C23H31N3O3/c27-22-11-8-18-17-20(9-10-21(18)24-22)29-16-4-7-23(28)26-14-12-25(13-15-26)19-5-2-1-3-6-19/h8-11,17,19H,1-7,12-16H2,(H,24,27). The Morgan fingerprint density at radius 3 is 2.62 bits per heavy atom. The van der Waals surface area contributed by atoms with Crippen LogP contribution in [0.5, 0.6) is 5.75 Å². The number of hydrogen-bond acceptors (Lipinski definition) is 4. The molecule has 156 valence electrons. The van der Waals surface area contributed by atoms with Crippen molar-refractivity contribution in [3.63, 3.8) is 0 Å². The van der Waals surface area contributed by atoms with E-state index in [1.807, 2.05) is 23.1 Å². The summed E-state index contributed by atoms with van der Waals surface area (Å²) in [5.41, 5.74) is 0.691. The first-order valence-electron chi connectivity index (χ1n) is 11.0. The molecule has 1 saturated heterocycles. The van der Waals surface area contributed by atoms with Crippen molar-refractivity contribution in [2.75, 3.05) is 32.8 Å². The average molecular weight is 398 g/mol. The van der Waals surface area contributed by atoms with E-state index in [0.717, 1.165) is 48.9 Å². The maximum Gasteiger partial charge on any atom is 0.248 e. The Morgan fingerprint density at radius 2 is 1.83 bits per heavy atom. The number of H-pyrrole nitrogens is 1. The largest absolute Gasteiger partial charge is 0.494 e. The van der Waals surface area contributed by atoms with Crippen LogP contribution in [0.2, 0.25) is 0 Å². The number of pyridine rings is 1. The van der Waals surface area contributed by atoms with Crippen LogP contribution in [0.3, 0.4) is 0 Å². The molecule has 2 fully saturated rings. The van der Waals surface area contributed by atoms with E-state index in [9.17, 15) is 9.59 Å². The number of carbonyl (C=O) groups excluding carboxylic acids is 1. The summed E-state index contributed by atoms with van der Waals surface area (Å²) in [5.74, 6) is 1.01. The van der Waals surface area contributed by atoms with E-state index >= 15 is 0 Å². The van der Waals surface area contributed by atoms with Gasteiger partial charge in [0.1, 0.15) is 5.75 Å². The van der Waals surface area contributed by atoms with Gasteiger partial charge < -0.3 is 14.6 Å². The molecule has 1 amide bonds. The number of benzene rings is 1. The molecule has 0 bridgehead atoms. The number of rotatable bonds is 6. The Morgan fingerprint density at radius 1 is 1.03 bits per heavy atom. The molecule has 2 heterocycles. The summed E-state index contributed by atoms with van der Waals surface area (Å²) >= 11 is 0. The van der Waals surface area contributed by atoms with Gasteiger partial charge >= 0.3 is 0 Å². The third kappa shape index (κ3) is 5.18. The first kappa shape index (κ1) is 20.0. The smallest absolute Gasteiger partial charge is 0.248 e. The summed E-state index contributed by atoms with van der Waals surface area (Å²) in [6, 6.07) is 9.66. The minimum Gasteiger partial charge on any atom is -0.494 e. The van der Waals surface area contributed by atoms with Crippen LogP contribution in [-0.4, -0.2) is 59.5 Å². The van der Waals surface area contributed by atoms with Crippen molar-refractivity contribution >= 4 is 16.8 Å². The fourth-order valence-corrected chi connectivity index (χ4v) is 4.58. The van der Waals surface area contributed by atoms with Gasteiger partial charge in [-0.25, -0.2) is 0 Å². The highest BCUT2D eigenvalue weighted by atomic mass is 16.5. The van der Waals surface area contributed by atoms with E-state index < -0.39 is 0 Å². The van der Waals surface area contributed by atoms with Crippen LogP contribution in [0.15, 0.2) is 35.1 Å². The number of carbonyl (C=O) groups is 1. The fourth-order valence-electron chi connectivity index (χ4n) is 4.58. The fraction of sp³-hybridized carbons (Fsp3) is 0.565. The highest BCUT2D eigenvalue weighted by Gasteiger charge is 2.26. The van der Waals surface area contributed by atoms with Gasteiger partial charge in [-0.1, -0.05) is 19.3 Å². The molecular weight excluding hydrogens is 366 g/mol. The summed E-state index contributed by atoms with van der Waals surface area (Å²) in [6.07, 6.45) is 8.01. The predicted octanol–water partition coefficient (Wildman–Crippen LogP) is 3.16. The number of hydrogen-bond donors (Lipinski definition) is 1. The molecule has 0 atom stereocenters. The zero-order valence-corrected chi connectivity index (χ0v) is 17.1. The highest BCUT2D eigenvalue weighted by molar-refractivity contribution is 5.79. The van der Waals surface area contributed by atoms with Crippen LogP contribution in [0.25, 0.3) is 10.9 Å². The second-order valence-electron chi connectivity index (χ2n) is 8.23. The summed E-state index contributed by atoms with van der Waals surface area (Å²) < 4.78 is 5.81. The molecule has 0 radical (unpaired) electrons. The van der Waals surface area contributed by atoms with E-state index in [-0.39, 0.29) is 11.5 Å². The second-order valence-corrected chi connectivity index (χ2v) is 8.23. The third-order valence-corrected chi connectivity index (χ3v) is 6.26. The van der Waals surface area contributed by atoms with Gasteiger partial charge in [0, 0.05) is 55.6 Å². The van der Waals surface area contributed by atoms with Crippen molar-refractivity contribution in [1.82, 2.24) is 14.8 Å². The molecule has 1 aromatic carbocycles. The zero-order chi connectivity index (χ0) is 20.1. The normalized spacial score (nSPS) is 18.8. The van der Waals surface area contributed by atoms with Crippen LogP contribution in [0, 0.1) is 0 Å². The van der Waals surface area contributed by atoms with E-state index in [2.05, 4.69) is 9.88 Å². The summed E-state index contributed by atoms with van der Waals surface area (Å²) in [4.78, 5) is 31.3. The lowest BCUT2D eigenvalue weighted by Gasteiger charge is -2.40. The van der Waals surface area contributed by atoms with E-state index in [1.165, 1.54) is 38.2 Å². The molecule has 6 heteroatoms. The Labute approximate surface area is 171 Å². The van der Waals surface area contributed by atoms with Gasteiger partial charge in [-0.05, 0) is 43.5 Å². The summed E-state index contributed by atoms with van der Waals surface area (Å²) in [7, 11) is 0. The van der Waals surface area contributed by atoms with Crippen molar-refractivity contribution in [3.05, 3.63) is 40.7 Å². The van der Waals surface area contributed by atoms with E-state index in [1.54, 1.807) is 6.07 Å². The van der Waals surface area contributed by atoms with Crippen LogP contribution in [0.1, 0.15) is 44.9 Å². The van der Waals surface area contributed by atoms with Gasteiger partial charge in [0.2, 0.25) is 11.5 Å². The Balaban J connectivity index is 1.17. The molecule has 1 aromatic heterocycles. The van der Waals surface area contributed by atoms with Gasteiger partial charge in [-0.15, -0.1) is 0 Å². The molecule has 0 unspecified atom stereocenters. The third-order valence-electron chi connectivity index (χ3n) is 6.26. The quantitative estimate of drug-likeness (QED) is 0.761. The van der Waals surface area contributed by atoms with Crippen LogP contribution in [-0.2, 0) is 4.79 Å². The predicted molar refractivity (Wildman–Crippen MR) is 114 cm³/mol. The molecule has 0 spiro atoms. The number of aromatic amines is 1. The molecule has 1 saturated carbocycles.